The van der Waals surface area contributed by atoms with Gasteiger partial charge in [0.15, 0.2) is 0 Å². The molecule has 0 aromatic heterocycles. The SMILES string of the molecule is CNC1CCC(Cc2cc(Br)ccc2OC)C1. The Morgan fingerprint density at radius 2 is 2.24 bits per heavy atom. The highest BCUT2D eigenvalue weighted by molar-refractivity contribution is 9.10. The van der Waals surface area contributed by atoms with Crippen LogP contribution in [-0.2, 0) is 6.42 Å². The van der Waals surface area contributed by atoms with Gasteiger partial charge in [0.1, 0.15) is 5.75 Å². The molecule has 0 bridgehead atoms. The summed E-state index contributed by atoms with van der Waals surface area (Å²) in [4.78, 5) is 0. The molecule has 2 unspecified atom stereocenters. The van der Waals surface area contributed by atoms with Crippen molar-refractivity contribution < 1.29 is 4.74 Å². The lowest BCUT2D eigenvalue weighted by atomic mass is 9.97. The van der Waals surface area contributed by atoms with E-state index in [9.17, 15) is 0 Å². The van der Waals surface area contributed by atoms with Gasteiger partial charge in [0.2, 0.25) is 0 Å². The van der Waals surface area contributed by atoms with E-state index in [4.69, 9.17) is 4.74 Å². The van der Waals surface area contributed by atoms with Crippen LogP contribution in [0.2, 0.25) is 0 Å². The van der Waals surface area contributed by atoms with E-state index in [-0.39, 0.29) is 0 Å². The van der Waals surface area contributed by atoms with E-state index in [0.717, 1.165) is 22.6 Å². The molecule has 2 atom stereocenters. The van der Waals surface area contributed by atoms with Gasteiger partial charge in [-0.05, 0) is 62.4 Å². The van der Waals surface area contributed by atoms with E-state index >= 15 is 0 Å². The second kappa shape index (κ2) is 5.87. The molecule has 1 fully saturated rings. The first kappa shape index (κ1) is 12.9. The number of hydrogen-bond acceptors (Lipinski definition) is 2. The second-order valence-electron chi connectivity index (χ2n) is 4.82. The Labute approximate surface area is 112 Å². The van der Waals surface area contributed by atoms with Crippen molar-refractivity contribution in [3.63, 3.8) is 0 Å². The number of benzene rings is 1. The van der Waals surface area contributed by atoms with E-state index in [1.54, 1.807) is 7.11 Å². The molecule has 0 aliphatic heterocycles. The van der Waals surface area contributed by atoms with Crippen LogP contribution < -0.4 is 10.1 Å². The number of rotatable bonds is 4. The highest BCUT2D eigenvalue weighted by Crippen LogP contribution is 2.32. The van der Waals surface area contributed by atoms with Crippen LogP contribution in [0.3, 0.4) is 0 Å². The smallest absolute Gasteiger partial charge is 0.122 e. The molecule has 0 saturated heterocycles. The minimum absolute atomic E-state index is 0.707. The summed E-state index contributed by atoms with van der Waals surface area (Å²) in [6, 6.07) is 6.97. The molecule has 1 aromatic carbocycles. The van der Waals surface area contributed by atoms with Crippen molar-refractivity contribution in [1.29, 1.82) is 0 Å². The van der Waals surface area contributed by atoms with Crippen LogP contribution in [0.1, 0.15) is 24.8 Å². The van der Waals surface area contributed by atoms with Gasteiger partial charge < -0.3 is 10.1 Å². The van der Waals surface area contributed by atoms with Crippen LogP contribution in [0, 0.1) is 5.92 Å². The fourth-order valence-corrected chi connectivity index (χ4v) is 3.15. The minimum atomic E-state index is 0.707. The number of hydrogen-bond donors (Lipinski definition) is 1. The molecular weight excluding hydrogens is 278 g/mol. The summed E-state index contributed by atoms with van der Waals surface area (Å²) in [6.45, 7) is 0. The molecule has 2 nitrogen and oxygen atoms in total. The second-order valence-corrected chi connectivity index (χ2v) is 5.74. The number of nitrogens with one attached hydrogen (secondary N) is 1. The molecular formula is C14H20BrNO. The first-order valence-electron chi connectivity index (χ1n) is 6.22. The maximum atomic E-state index is 5.43. The van der Waals surface area contributed by atoms with Crippen molar-refractivity contribution in [1.82, 2.24) is 5.32 Å². The lowest BCUT2D eigenvalue weighted by Crippen LogP contribution is -2.21. The van der Waals surface area contributed by atoms with E-state index in [2.05, 4.69) is 34.4 Å². The summed E-state index contributed by atoms with van der Waals surface area (Å²) in [7, 11) is 3.81. The fourth-order valence-electron chi connectivity index (χ4n) is 2.74. The van der Waals surface area contributed by atoms with Gasteiger partial charge in [-0.3, -0.25) is 0 Å². The van der Waals surface area contributed by atoms with Crippen molar-refractivity contribution in [3.05, 3.63) is 28.2 Å². The lowest BCUT2D eigenvalue weighted by Gasteiger charge is -2.14. The topological polar surface area (TPSA) is 21.3 Å². The third-order valence-electron chi connectivity index (χ3n) is 3.70. The lowest BCUT2D eigenvalue weighted by molar-refractivity contribution is 0.403. The first-order chi connectivity index (χ1) is 8.22. The largest absolute Gasteiger partial charge is 0.496 e. The summed E-state index contributed by atoms with van der Waals surface area (Å²) in [5, 5.41) is 3.38. The van der Waals surface area contributed by atoms with E-state index < -0.39 is 0 Å². The minimum Gasteiger partial charge on any atom is -0.496 e. The van der Waals surface area contributed by atoms with Crippen LogP contribution in [0.5, 0.6) is 5.75 Å². The van der Waals surface area contributed by atoms with Crippen molar-refractivity contribution in [3.8, 4) is 5.75 Å². The molecule has 1 aliphatic carbocycles. The van der Waals surface area contributed by atoms with E-state index in [1.807, 2.05) is 12.1 Å². The normalized spacial score (nSPS) is 23.9. The Morgan fingerprint density at radius 3 is 2.88 bits per heavy atom. The van der Waals surface area contributed by atoms with Crippen LogP contribution in [-0.4, -0.2) is 20.2 Å². The maximum Gasteiger partial charge on any atom is 0.122 e. The number of methoxy groups -OCH3 is 1. The zero-order valence-corrected chi connectivity index (χ0v) is 12.1. The van der Waals surface area contributed by atoms with Gasteiger partial charge in [0.25, 0.3) is 0 Å². The molecule has 2 rings (SSSR count). The molecule has 0 radical (unpaired) electrons. The number of halogens is 1. The van der Waals surface area contributed by atoms with Crippen LogP contribution in [0.15, 0.2) is 22.7 Å². The Balaban J connectivity index is 2.05. The third-order valence-corrected chi connectivity index (χ3v) is 4.19. The van der Waals surface area contributed by atoms with Gasteiger partial charge in [0.05, 0.1) is 7.11 Å². The third kappa shape index (κ3) is 3.23. The summed E-state index contributed by atoms with van der Waals surface area (Å²) < 4.78 is 6.56. The van der Waals surface area contributed by atoms with Crippen LogP contribution in [0.25, 0.3) is 0 Å². The molecule has 1 saturated carbocycles. The van der Waals surface area contributed by atoms with Crippen molar-refractivity contribution in [2.45, 2.75) is 31.7 Å². The summed E-state index contributed by atoms with van der Waals surface area (Å²) in [6.07, 6.45) is 5.03. The average molecular weight is 298 g/mol. The van der Waals surface area contributed by atoms with Gasteiger partial charge in [-0.2, -0.15) is 0 Å². The van der Waals surface area contributed by atoms with Gasteiger partial charge in [-0.25, -0.2) is 0 Å². The Kier molecular flexibility index (Phi) is 4.46. The summed E-state index contributed by atoms with van der Waals surface area (Å²) >= 11 is 3.53. The molecule has 1 aromatic rings. The predicted octanol–water partition coefficient (Wildman–Crippen LogP) is 3.39. The standard InChI is InChI=1S/C14H20BrNO/c1-16-13-5-3-10(8-13)7-11-9-12(15)4-6-14(11)17-2/h4,6,9-10,13,16H,3,5,7-8H2,1-2H3. The van der Waals surface area contributed by atoms with Gasteiger partial charge in [-0.1, -0.05) is 15.9 Å². The molecule has 3 heteroatoms. The molecule has 0 spiro atoms. The van der Waals surface area contributed by atoms with Crippen LogP contribution in [0.4, 0.5) is 0 Å². The molecule has 0 heterocycles. The van der Waals surface area contributed by atoms with Crippen molar-refractivity contribution in [2.75, 3.05) is 14.2 Å². The molecule has 0 amide bonds. The quantitative estimate of drug-likeness (QED) is 0.920. The van der Waals surface area contributed by atoms with Crippen LogP contribution >= 0.6 is 15.9 Å². The molecule has 1 aliphatic rings. The Bertz CT molecular complexity index is 380. The number of ether oxygens (including phenoxy) is 1. The molecule has 94 valence electrons. The highest BCUT2D eigenvalue weighted by atomic mass is 79.9. The van der Waals surface area contributed by atoms with Gasteiger partial charge in [-0.15, -0.1) is 0 Å². The van der Waals surface area contributed by atoms with E-state index in [0.29, 0.717) is 6.04 Å². The molecule has 1 N–H and O–H groups in total. The average Bonchev–Trinajstić information content (AvgIpc) is 2.77. The highest BCUT2D eigenvalue weighted by Gasteiger charge is 2.24. The van der Waals surface area contributed by atoms with Gasteiger partial charge in [0, 0.05) is 10.5 Å². The summed E-state index contributed by atoms with van der Waals surface area (Å²) in [5.41, 5.74) is 1.32. The van der Waals surface area contributed by atoms with E-state index in [1.165, 1.54) is 24.8 Å². The monoisotopic (exact) mass is 297 g/mol. The first-order valence-corrected chi connectivity index (χ1v) is 7.02. The van der Waals surface area contributed by atoms with Crippen molar-refractivity contribution in [2.24, 2.45) is 5.92 Å². The fraction of sp³-hybridized carbons (Fsp3) is 0.571. The zero-order chi connectivity index (χ0) is 12.3. The molecule has 17 heavy (non-hydrogen) atoms. The summed E-state index contributed by atoms with van der Waals surface area (Å²) in [5.74, 6) is 1.80. The van der Waals surface area contributed by atoms with Gasteiger partial charge >= 0.3 is 0 Å². The predicted molar refractivity (Wildman–Crippen MR) is 74.6 cm³/mol. The van der Waals surface area contributed by atoms with Crippen molar-refractivity contribution >= 4 is 15.9 Å². The Hall–Kier alpha value is -0.540. The zero-order valence-electron chi connectivity index (χ0n) is 10.5. The maximum absolute atomic E-state index is 5.43. The Morgan fingerprint density at radius 1 is 1.41 bits per heavy atom.